The number of aromatic nitrogens is 1. The van der Waals surface area contributed by atoms with Crippen LogP contribution in [-0.4, -0.2) is 76.7 Å². The molecule has 248 valence electrons. The summed E-state index contributed by atoms with van der Waals surface area (Å²) in [5.41, 5.74) is 3.80. The molecule has 2 atom stereocenters. The highest BCUT2D eigenvalue weighted by molar-refractivity contribution is 5.91. The Hall–Kier alpha value is -5.68. The number of nitrogens with zero attached hydrogens (tertiary/aromatic N) is 3. The van der Waals surface area contributed by atoms with Gasteiger partial charge in [0.05, 0.1) is 38.1 Å². The van der Waals surface area contributed by atoms with Gasteiger partial charge in [0.25, 0.3) is 0 Å². The number of phenolic OH excluding ortho intramolecular Hbond substituents is 1. The third-order valence-electron chi connectivity index (χ3n) is 8.02. The molecule has 4 amide bonds. The van der Waals surface area contributed by atoms with Crippen LogP contribution in [0.25, 0.3) is 11.3 Å². The molecule has 1 fully saturated rings. The highest BCUT2D eigenvalue weighted by atomic mass is 16.5. The number of hydrogen-bond donors (Lipinski definition) is 4. The molecule has 0 aliphatic carbocycles. The van der Waals surface area contributed by atoms with Gasteiger partial charge in [-0.1, -0.05) is 66.7 Å². The van der Waals surface area contributed by atoms with Crippen molar-refractivity contribution in [2.75, 3.05) is 26.7 Å². The molecule has 1 saturated heterocycles. The summed E-state index contributed by atoms with van der Waals surface area (Å²) in [5, 5.41) is 18.7. The quantitative estimate of drug-likeness (QED) is 0.128. The molecule has 0 saturated carbocycles. The summed E-state index contributed by atoms with van der Waals surface area (Å²) in [7, 11) is 1.60. The van der Waals surface area contributed by atoms with E-state index < -0.39 is 18.2 Å². The van der Waals surface area contributed by atoms with Gasteiger partial charge < -0.3 is 35.6 Å². The van der Waals surface area contributed by atoms with Crippen molar-refractivity contribution in [2.45, 2.75) is 31.7 Å². The van der Waals surface area contributed by atoms with Crippen LogP contribution < -0.4 is 20.7 Å². The number of amides is 4. The average molecular weight is 649 g/mol. The molecule has 0 spiro atoms. The van der Waals surface area contributed by atoms with E-state index in [-0.39, 0.29) is 50.2 Å². The van der Waals surface area contributed by atoms with Gasteiger partial charge in [-0.15, -0.1) is 6.58 Å². The number of phenols is 1. The van der Waals surface area contributed by atoms with E-state index in [0.717, 1.165) is 16.7 Å². The van der Waals surface area contributed by atoms with Gasteiger partial charge in [-0.25, -0.2) is 4.79 Å². The van der Waals surface area contributed by atoms with Gasteiger partial charge in [-0.05, 0) is 47.5 Å². The Balaban J connectivity index is 1.45. The Kier molecular flexibility index (Phi) is 11.4. The zero-order valence-electron chi connectivity index (χ0n) is 26.8. The van der Waals surface area contributed by atoms with Crippen LogP contribution >= 0.6 is 0 Å². The lowest BCUT2D eigenvalue weighted by atomic mass is 9.99. The van der Waals surface area contributed by atoms with Crippen LogP contribution in [0.5, 0.6) is 11.5 Å². The minimum Gasteiger partial charge on any atom is -0.508 e. The van der Waals surface area contributed by atoms with E-state index in [1.807, 2.05) is 72.8 Å². The lowest BCUT2D eigenvalue weighted by Gasteiger charge is -2.46. The molecule has 3 aromatic carbocycles. The SMILES string of the molecule is C=CCNCC(=O)N1[C@@H](NC(=O)NCc2ccccc2)CN(Cc2cccc(-c3ccccc3OC)n2)C(=O)[C@@H]1Cc1ccc(O)cc1. The number of rotatable bonds is 13. The molecule has 1 aliphatic heterocycles. The molecule has 2 heterocycles. The summed E-state index contributed by atoms with van der Waals surface area (Å²) >= 11 is 0. The number of nitrogens with one attached hydrogen (secondary N) is 3. The Morgan fingerprint density at radius 1 is 0.979 bits per heavy atom. The number of para-hydroxylation sites is 1. The Labute approximate surface area is 280 Å². The number of methoxy groups -OCH3 is 1. The molecule has 1 aromatic heterocycles. The number of pyridine rings is 1. The van der Waals surface area contributed by atoms with E-state index in [9.17, 15) is 19.5 Å². The zero-order chi connectivity index (χ0) is 33.9. The minimum absolute atomic E-state index is 0.0391. The molecule has 11 heteroatoms. The van der Waals surface area contributed by atoms with Gasteiger partial charge in [0.2, 0.25) is 11.8 Å². The molecule has 0 bridgehead atoms. The standard InChI is InChI=1S/C37H40N6O5/c1-3-20-38-23-35(45)43-32(21-26-16-18-29(44)19-17-26)36(46)42(25-34(43)41-37(47)39-22-27-10-5-4-6-11-27)24-28-12-9-14-31(40-28)30-13-7-8-15-33(30)48-2/h3-19,32,34,38,44H,1,20-25H2,2H3,(H2,39,41,47)/t32-,34+/m0/s1. The van der Waals surface area contributed by atoms with Crippen molar-refractivity contribution in [3.63, 3.8) is 0 Å². The third kappa shape index (κ3) is 8.56. The van der Waals surface area contributed by atoms with Gasteiger partial charge in [0, 0.05) is 25.1 Å². The largest absolute Gasteiger partial charge is 0.508 e. The molecule has 48 heavy (non-hydrogen) atoms. The molecule has 4 aromatic rings. The maximum absolute atomic E-state index is 14.3. The number of aromatic hydroxyl groups is 1. The van der Waals surface area contributed by atoms with E-state index in [0.29, 0.717) is 23.7 Å². The smallest absolute Gasteiger partial charge is 0.316 e. The molecular weight excluding hydrogens is 608 g/mol. The van der Waals surface area contributed by atoms with Crippen molar-refractivity contribution in [1.82, 2.24) is 30.7 Å². The second kappa shape index (κ2) is 16.2. The highest BCUT2D eigenvalue weighted by Gasteiger charge is 2.43. The predicted octanol–water partition coefficient (Wildman–Crippen LogP) is 3.85. The van der Waals surface area contributed by atoms with Crippen molar-refractivity contribution in [2.24, 2.45) is 0 Å². The van der Waals surface area contributed by atoms with Crippen LogP contribution in [0.2, 0.25) is 0 Å². The van der Waals surface area contributed by atoms with Crippen LogP contribution in [0.1, 0.15) is 16.8 Å². The Morgan fingerprint density at radius 2 is 1.73 bits per heavy atom. The van der Waals surface area contributed by atoms with Crippen molar-refractivity contribution < 1.29 is 24.2 Å². The highest BCUT2D eigenvalue weighted by Crippen LogP contribution is 2.29. The van der Waals surface area contributed by atoms with Crippen LogP contribution in [-0.2, 0) is 29.1 Å². The number of carbonyl (C=O) groups is 3. The fraction of sp³-hybridized carbons (Fsp3) is 0.243. The van der Waals surface area contributed by atoms with E-state index in [1.165, 1.54) is 17.0 Å². The van der Waals surface area contributed by atoms with Crippen LogP contribution in [0.3, 0.4) is 0 Å². The lowest BCUT2D eigenvalue weighted by Crippen LogP contribution is -2.69. The summed E-state index contributed by atoms with van der Waals surface area (Å²) < 4.78 is 5.54. The number of hydrogen-bond acceptors (Lipinski definition) is 7. The zero-order valence-corrected chi connectivity index (χ0v) is 26.8. The molecule has 11 nitrogen and oxygen atoms in total. The number of ether oxygens (including phenoxy) is 1. The third-order valence-corrected chi connectivity index (χ3v) is 8.02. The Morgan fingerprint density at radius 3 is 2.48 bits per heavy atom. The molecular formula is C37H40N6O5. The normalized spacial score (nSPS) is 15.9. The molecule has 5 rings (SSSR count). The van der Waals surface area contributed by atoms with Crippen molar-refractivity contribution in [3.05, 3.63) is 127 Å². The van der Waals surface area contributed by atoms with E-state index in [4.69, 9.17) is 9.72 Å². The number of carbonyl (C=O) groups excluding carboxylic acids is 3. The minimum atomic E-state index is -0.946. The van der Waals surface area contributed by atoms with E-state index in [1.54, 1.807) is 30.2 Å². The molecule has 0 unspecified atom stereocenters. The summed E-state index contributed by atoms with van der Waals surface area (Å²) in [6.45, 7) is 4.51. The van der Waals surface area contributed by atoms with Crippen LogP contribution in [0.15, 0.2) is 110 Å². The first-order valence-electron chi connectivity index (χ1n) is 15.7. The fourth-order valence-corrected chi connectivity index (χ4v) is 5.70. The molecule has 0 radical (unpaired) electrons. The lowest BCUT2D eigenvalue weighted by molar-refractivity contribution is -0.157. The molecule has 4 N–H and O–H groups in total. The van der Waals surface area contributed by atoms with E-state index >= 15 is 0 Å². The number of piperazine rings is 1. The average Bonchev–Trinajstić information content (AvgIpc) is 3.11. The van der Waals surface area contributed by atoms with E-state index in [2.05, 4.69) is 22.5 Å². The van der Waals surface area contributed by atoms with Crippen molar-refractivity contribution in [3.8, 4) is 22.8 Å². The van der Waals surface area contributed by atoms with Crippen molar-refractivity contribution in [1.29, 1.82) is 0 Å². The summed E-state index contributed by atoms with van der Waals surface area (Å²) in [6.07, 6.45) is 0.959. The summed E-state index contributed by atoms with van der Waals surface area (Å²) in [4.78, 5) is 49.3. The van der Waals surface area contributed by atoms with Gasteiger partial charge in [0.1, 0.15) is 23.7 Å². The fourth-order valence-electron chi connectivity index (χ4n) is 5.70. The first kappa shape index (κ1) is 33.7. The number of benzene rings is 3. The monoisotopic (exact) mass is 648 g/mol. The Bertz CT molecular complexity index is 1720. The van der Waals surface area contributed by atoms with Crippen LogP contribution in [0, 0.1) is 0 Å². The summed E-state index contributed by atoms with van der Waals surface area (Å²) in [6, 6.07) is 27.7. The number of urea groups is 1. The van der Waals surface area contributed by atoms with Gasteiger partial charge in [0.15, 0.2) is 0 Å². The first-order valence-corrected chi connectivity index (χ1v) is 15.7. The second-order valence-electron chi connectivity index (χ2n) is 11.4. The van der Waals surface area contributed by atoms with Crippen molar-refractivity contribution >= 4 is 17.8 Å². The van der Waals surface area contributed by atoms with Gasteiger partial charge in [-0.2, -0.15) is 0 Å². The summed E-state index contributed by atoms with van der Waals surface area (Å²) in [5.74, 6) is 0.133. The topological polar surface area (TPSA) is 136 Å². The van der Waals surface area contributed by atoms with Crippen LogP contribution in [0.4, 0.5) is 4.79 Å². The van der Waals surface area contributed by atoms with Gasteiger partial charge in [-0.3, -0.25) is 14.6 Å². The second-order valence-corrected chi connectivity index (χ2v) is 11.4. The maximum Gasteiger partial charge on any atom is 0.316 e. The predicted molar refractivity (Wildman–Crippen MR) is 183 cm³/mol. The maximum atomic E-state index is 14.3. The molecule has 1 aliphatic rings. The first-order chi connectivity index (χ1) is 23.4. The van der Waals surface area contributed by atoms with Gasteiger partial charge >= 0.3 is 6.03 Å².